The van der Waals surface area contributed by atoms with Crippen molar-refractivity contribution in [3.8, 4) is 0 Å². The van der Waals surface area contributed by atoms with Crippen LogP contribution in [0.15, 0.2) is 22.2 Å². The lowest BCUT2D eigenvalue weighted by Crippen LogP contribution is -2.47. The Morgan fingerprint density at radius 3 is 2.64 bits per heavy atom. The minimum Gasteiger partial charge on any atom is -0.390 e. The molecule has 1 saturated heterocycles. The highest BCUT2D eigenvalue weighted by molar-refractivity contribution is 7.99. The second-order valence-corrected chi connectivity index (χ2v) is 9.05. The van der Waals surface area contributed by atoms with Gasteiger partial charge in [-0.25, -0.2) is 15.0 Å². The third kappa shape index (κ3) is 4.35. The predicted molar refractivity (Wildman–Crippen MR) is 114 cm³/mol. The van der Waals surface area contributed by atoms with Crippen LogP contribution in [0.2, 0.25) is 5.02 Å². The zero-order valence-electron chi connectivity index (χ0n) is 16.4. The van der Waals surface area contributed by atoms with E-state index in [-0.39, 0.29) is 18.1 Å². The van der Waals surface area contributed by atoms with Crippen molar-refractivity contribution < 1.29 is 5.11 Å². The minimum atomic E-state index is -0.177. The van der Waals surface area contributed by atoms with E-state index >= 15 is 0 Å². The zero-order chi connectivity index (χ0) is 20.5. The van der Waals surface area contributed by atoms with Crippen LogP contribution in [-0.2, 0) is 6.61 Å². The van der Waals surface area contributed by atoms with E-state index < -0.39 is 0 Å². The molecule has 0 amide bonds. The van der Waals surface area contributed by atoms with Crippen LogP contribution >= 0.6 is 23.4 Å². The maximum absolute atomic E-state index is 9.91. The van der Waals surface area contributed by atoms with Gasteiger partial charge in [-0.15, -0.1) is 0 Å². The monoisotopic (exact) mass is 422 g/mol. The highest BCUT2D eigenvalue weighted by atomic mass is 35.5. The van der Waals surface area contributed by atoms with E-state index in [1.165, 1.54) is 18.0 Å². The lowest BCUT2D eigenvalue weighted by molar-refractivity contribution is 0.204. The first kappa shape index (κ1) is 21.1. The summed E-state index contributed by atoms with van der Waals surface area (Å²) in [5.74, 6) is 1.14. The summed E-state index contributed by atoms with van der Waals surface area (Å²) in [4.78, 5) is 16.4. The molecule has 152 valence electrons. The van der Waals surface area contributed by atoms with Gasteiger partial charge in [0.1, 0.15) is 16.5 Å². The summed E-state index contributed by atoms with van der Waals surface area (Å²) in [7, 11) is 0. The van der Waals surface area contributed by atoms with Gasteiger partial charge in [-0.3, -0.25) is 0 Å². The maximum atomic E-state index is 9.91. The fourth-order valence-corrected chi connectivity index (χ4v) is 4.39. The van der Waals surface area contributed by atoms with Gasteiger partial charge in [0.2, 0.25) is 0 Å². The molecule has 3 rings (SSSR count). The third-order valence-corrected chi connectivity index (χ3v) is 7.13. The molecule has 28 heavy (non-hydrogen) atoms. The zero-order valence-corrected chi connectivity index (χ0v) is 18.0. The molecule has 7 nitrogen and oxygen atoms in total. The van der Waals surface area contributed by atoms with Crippen molar-refractivity contribution in [2.75, 3.05) is 23.7 Å². The van der Waals surface area contributed by atoms with E-state index in [0.717, 1.165) is 42.3 Å². The first-order chi connectivity index (χ1) is 13.2. The molecule has 0 radical (unpaired) electrons. The van der Waals surface area contributed by atoms with Crippen LogP contribution in [0.1, 0.15) is 38.1 Å². The minimum absolute atomic E-state index is 0.131. The Morgan fingerprint density at radius 1 is 1.36 bits per heavy atom. The first-order valence-electron chi connectivity index (χ1n) is 9.31. The molecule has 0 bridgehead atoms. The van der Waals surface area contributed by atoms with Gasteiger partial charge in [0.15, 0.2) is 5.82 Å². The summed E-state index contributed by atoms with van der Waals surface area (Å²) in [6.07, 6.45) is 3.49. The first-order valence-corrected chi connectivity index (χ1v) is 10.5. The van der Waals surface area contributed by atoms with Crippen molar-refractivity contribution >= 4 is 35.0 Å². The van der Waals surface area contributed by atoms with Crippen molar-refractivity contribution in [1.82, 2.24) is 15.0 Å². The van der Waals surface area contributed by atoms with Gasteiger partial charge in [-0.05, 0) is 38.2 Å². The lowest BCUT2D eigenvalue weighted by Gasteiger charge is -2.42. The van der Waals surface area contributed by atoms with E-state index in [4.69, 9.17) is 28.1 Å². The number of aromatic nitrogens is 3. The van der Waals surface area contributed by atoms with Crippen LogP contribution in [-0.4, -0.2) is 39.2 Å². The number of anilines is 2. The van der Waals surface area contributed by atoms with E-state index in [1.807, 2.05) is 6.92 Å². The van der Waals surface area contributed by atoms with Gasteiger partial charge in [0.05, 0.1) is 17.3 Å². The molecule has 2 aromatic rings. The molecular weight excluding hydrogens is 396 g/mol. The molecule has 9 heteroatoms. The predicted octanol–water partition coefficient (Wildman–Crippen LogP) is 3.01. The number of rotatable bonds is 5. The van der Waals surface area contributed by atoms with Gasteiger partial charge >= 0.3 is 0 Å². The van der Waals surface area contributed by atoms with Crippen molar-refractivity contribution in [3.05, 3.63) is 28.7 Å². The molecule has 1 fully saturated rings. The molecule has 3 heterocycles. The summed E-state index contributed by atoms with van der Waals surface area (Å²) >= 11 is 7.59. The van der Waals surface area contributed by atoms with E-state index in [9.17, 15) is 5.11 Å². The number of pyridine rings is 1. The Balaban J connectivity index is 1.85. The molecule has 5 N–H and O–H groups in total. The van der Waals surface area contributed by atoms with Gasteiger partial charge in [-0.1, -0.05) is 30.3 Å². The molecule has 2 aromatic heterocycles. The van der Waals surface area contributed by atoms with Crippen molar-refractivity contribution in [3.63, 3.8) is 0 Å². The molecule has 1 aliphatic heterocycles. The number of nitrogens with two attached hydrogens (primary N) is 2. The van der Waals surface area contributed by atoms with Crippen LogP contribution in [0.3, 0.4) is 0 Å². The van der Waals surface area contributed by atoms with Gasteiger partial charge in [0, 0.05) is 30.2 Å². The number of nitrogen functional groups attached to an aromatic ring is 1. The molecule has 0 aliphatic carbocycles. The molecule has 1 aliphatic rings. The Bertz CT molecular complexity index is 855. The molecule has 1 atom stereocenters. The molecule has 0 aromatic carbocycles. The molecular formula is C19H27ClN6OS. The number of hydrogen-bond donors (Lipinski definition) is 3. The number of aliphatic hydroxyl groups is 1. The fourth-order valence-electron chi connectivity index (χ4n) is 3.28. The van der Waals surface area contributed by atoms with Gasteiger partial charge in [-0.2, -0.15) is 0 Å². The second-order valence-electron chi connectivity index (χ2n) is 7.61. The number of nitrogens with zero attached hydrogens (tertiary/aromatic N) is 4. The summed E-state index contributed by atoms with van der Waals surface area (Å²) in [5.41, 5.74) is 13.4. The van der Waals surface area contributed by atoms with Crippen molar-refractivity contribution in [2.24, 2.45) is 11.1 Å². The van der Waals surface area contributed by atoms with Gasteiger partial charge in [0.25, 0.3) is 0 Å². The largest absolute Gasteiger partial charge is 0.390 e. The van der Waals surface area contributed by atoms with Crippen LogP contribution in [0.5, 0.6) is 0 Å². The molecule has 0 spiro atoms. The fraction of sp³-hybridized carbons (Fsp3) is 0.526. The Kier molecular flexibility index (Phi) is 6.34. The quantitative estimate of drug-likeness (QED) is 0.673. The number of aliphatic hydroxyl groups excluding tert-OH is 1. The summed E-state index contributed by atoms with van der Waals surface area (Å²) < 4.78 is 0. The highest BCUT2D eigenvalue weighted by Gasteiger charge is 2.34. The van der Waals surface area contributed by atoms with Crippen molar-refractivity contribution in [2.45, 2.75) is 56.2 Å². The SMILES string of the molecule is Cc1nc(N2CCC(C)([C@H](C)N)CC2)c(CO)nc1Sc1cc(N)ncc1Cl. The maximum Gasteiger partial charge on any atom is 0.153 e. The van der Waals surface area contributed by atoms with Gasteiger partial charge < -0.3 is 21.5 Å². The summed E-state index contributed by atoms with van der Waals surface area (Å²) in [6, 6.07) is 1.86. The highest BCUT2D eigenvalue weighted by Crippen LogP contribution is 2.38. The average Bonchev–Trinajstić information content (AvgIpc) is 2.66. The normalized spacial score (nSPS) is 17.6. The number of aryl methyl sites for hydroxylation is 1. The van der Waals surface area contributed by atoms with Crippen LogP contribution < -0.4 is 16.4 Å². The summed E-state index contributed by atoms with van der Waals surface area (Å²) in [6.45, 7) is 7.74. The molecule has 0 unspecified atom stereocenters. The van der Waals surface area contributed by atoms with Crippen LogP contribution in [0.4, 0.5) is 11.6 Å². The van der Waals surface area contributed by atoms with E-state index in [1.54, 1.807) is 6.07 Å². The second kappa shape index (κ2) is 8.41. The number of hydrogen-bond acceptors (Lipinski definition) is 8. The third-order valence-electron chi connectivity index (χ3n) is 5.58. The average molecular weight is 423 g/mol. The van der Waals surface area contributed by atoms with E-state index in [0.29, 0.717) is 21.6 Å². The number of halogens is 1. The smallest absolute Gasteiger partial charge is 0.153 e. The van der Waals surface area contributed by atoms with E-state index in [2.05, 4.69) is 28.7 Å². The van der Waals surface area contributed by atoms with Crippen LogP contribution in [0, 0.1) is 12.3 Å². The van der Waals surface area contributed by atoms with Crippen LogP contribution in [0.25, 0.3) is 0 Å². The Labute approximate surface area is 174 Å². The molecule has 0 saturated carbocycles. The summed E-state index contributed by atoms with van der Waals surface area (Å²) in [5, 5.41) is 11.1. The lowest BCUT2D eigenvalue weighted by atomic mass is 9.75. The van der Waals surface area contributed by atoms with Crippen molar-refractivity contribution in [1.29, 1.82) is 0 Å². The topological polar surface area (TPSA) is 114 Å². The Morgan fingerprint density at radius 2 is 2.04 bits per heavy atom. The Hall–Kier alpha value is -1.61. The standard InChI is InChI=1S/C19H27ClN6OS/c1-11-18(28-15-8-16(22)23-9-13(15)20)25-14(10-27)17(24-11)26-6-4-19(3,5-7-26)12(2)21/h8-9,12,27H,4-7,10,21H2,1-3H3,(H2,22,23)/t12-/m0/s1. The number of piperidine rings is 1.